The molecule has 0 amide bonds. The van der Waals surface area contributed by atoms with Gasteiger partial charge in [-0.05, 0) is 37.3 Å². The minimum absolute atomic E-state index is 0.0913. The van der Waals surface area contributed by atoms with Crippen LogP contribution in [0.4, 0.5) is 0 Å². The van der Waals surface area contributed by atoms with Crippen LogP contribution in [0, 0.1) is 6.92 Å². The van der Waals surface area contributed by atoms with Gasteiger partial charge in [-0.3, -0.25) is 9.78 Å². The van der Waals surface area contributed by atoms with Crippen LogP contribution in [-0.4, -0.2) is 15.8 Å². The maximum absolute atomic E-state index is 12.9. The fourth-order valence-corrected chi connectivity index (χ4v) is 3.35. The first-order chi connectivity index (χ1) is 11.1. The standard InChI is InChI=1S/C19H13BrN2O/c1-11-6-7-16-14(10-11)12-8-9-21-18(17(12)22-16)19(23)13-4-2-3-5-15(13)20/h2-10,22H,1H3. The zero-order valence-electron chi connectivity index (χ0n) is 12.4. The van der Waals surface area contributed by atoms with E-state index in [9.17, 15) is 4.79 Å². The molecule has 2 aromatic heterocycles. The summed E-state index contributed by atoms with van der Waals surface area (Å²) in [5.74, 6) is -0.0913. The number of nitrogens with zero attached hydrogens (tertiary/aromatic N) is 1. The Kier molecular flexibility index (Phi) is 3.27. The number of H-pyrrole nitrogens is 1. The van der Waals surface area contributed by atoms with Crippen LogP contribution >= 0.6 is 15.9 Å². The monoisotopic (exact) mass is 364 g/mol. The van der Waals surface area contributed by atoms with E-state index in [2.05, 4.69) is 45.0 Å². The highest BCUT2D eigenvalue weighted by Gasteiger charge is 2.18. The van der Waals surface area contributed by atoms with Crippen molar-refractivity contribution in [2.75, 3.05) is 0 Å². The summed E-state index contributed by atoms with van der Waals surface area (Å²) < 4.78 is 0.774. The summed E-state index contributed by atoms with van der Waals surface area (Å²) in [5, 5.41) is 2.14. The third-order valence-corrected chi connectivity index (χ3v) is 4.70. The van der Waals surface area contributed by atoms with E-state index in [4.69, 9.17) is 0 Å². The predicted octanol–water partition coefficient (Wildman–Crippen LogP) is 5.02. The number of pyridine rings is 1. The molecule has 4 rings (SSSR count). The number of aromatic amines is 1. The molecule has 4 heteroatoms. The van der Waals surface area contributed by atoms with Crippen molar-refractivity contribution in [2.24, 2.45) is 0 Å². The van der Waals surface area contributed by atoms with Gasteiger partial charge in [-0.1, -0.05) is 39.7 Å². The molecule has 1 N–H and O–H groups in total. The summed E-state index contributed by atoms with van der Waals surface area (Å²) >= 11 is 3.44. The maximum atomic E-state index is 12.9. The number of benzene rings is 2. The number of hydrogen-bond donors (Lipinski definition) is 1. The molecular weight excluding hydrogens is 352 g/mol. The molecule has 0 unspecified atom stereocenters. The van der Waals surface area contributed by atoms with Crippen LogP contribution in [0.2, 0.25) is 0 Å². The molecule has 0 aliphatic heterocycles. The van der Waals surface area contributed by atoms with Gasteiger partial charge >= 0.3 is 0 Å². The second-order valence-corrected chi connectivity index (χ2v) is 6.42. The number of nitrogens with one attached hydrogen (secondary N) is 1. The Bertz CT molecular complexity index is 1070. The van der Waals surface area contributed by atoms with Crippen molar-refractivity contribution in [1.82, 2.24) is 9.97 Å². The SMILES string of the molecule is Cc1ccc2[nH]c3c(C(=O)c4ccccc4Br)nccc3c2c1. The lowest BCUT2D eigenvalue weighted by molar-refractivity contribution is 0.103. The van der Waals surface area contributed by atoms with E-state index in [0.29, 0.717) is 11.3 Å². The molecule has 112 valence electrons. The molecule has 0 spiro atoms. The normalized spacial score (nSPS) is 11.2. The molecule has 0 aliphatic carbocycles. The number of carbonyl (C=O) groups is 1. The molecule has 0 bridgehead atoms. The van der Waals surface area contributed by atoms with E-state index in [1.165, 1.54) is 5.56 Å². The summed E-state index contributed by atoms with van der Waals surface area (Å²) in [4.78, 5) is 20.6. The number of aromatic nitrogens is 2. The quantitative estimate of drug-likeness (QED) is 0.507. The number of ketones is 1. The molecule has 0 atom stereocenters. The molecule has 3 nitrogen and oxygen atoms in total. The Morgan fingerprint density at radius 3 is 2.74 bits per heavy atom. The van der Waals surface area contributed by atoms with Crippen LogP contribution in [0.25, 0.3) is 21.8 Å². The van der Waals surface area contributed by atoms with E-state index in [1.54, 1.807) is 12.3 Å². The lowest BCUT2D eigenvalue weighted by Gasteiger charge is -2.04. The number of halogens is 1. The molecule has 0 saturated heterocycles. The minimum atomic E-state index is -0.0913. The van der Waals surface area contributed by atoms with Crippen LogP contribution in [0.5, 0.6) is 0 Å². The summed E-state index contributed by atoms with van der Waals surface area (Å²) in [6.45, 7) is 2.06. The number of carbonyl (C=O) groups excluding carboxylic acids is 1. The first kappa shape index (κ1) is 14.2. The molecular formula is C19H13BrN2O. The van der Waals surface area contributed by atoms with Crippen LogP contribution in [0.1, 0.15) is 21.6 Å². The van der Waals surface area contributed by atoms with Crippen LogP contribution in [0.3, 0.4) is 0 Å². The zero-order chi connectivity index (χ0) is 16.0. The Morgan fingerprint density at radius 2 is 1.91 bits per heavy atom. The highest BCUT2D eigenvalue weighted by molar-refractivity contribution is 9.10. The van der Waals surface area contributed by atoms with Crippen molar-refractivity contribution >= 4 is 43.5 Å². The second-order valence-electron chi connectivity index (χ2n) is 5.57. The van der Waals surface area contributed by atoms with Gasteiger partial charge in [0.25, 0.3) is 0 Å². The zero-order valence-corrected chi connectivity index (χ0v) is 14.0. The van der Waals surface area contributed by atoms with Gasteiger partial charge in [0.2, 0.25) is 5.78 Å². The van der Waals surface area contributed by atoms with Crippen molar-refractivity contribution in [3.63, 3.8) is 0 Å². The van der Waals surface area contributed by atoms with Gasteiger partial charge in [0.1, 0.15) is 5.69 Å². The first-order valence-corrected chi connectivity index (χ1v) is 8.11. The molecule has 23 heavy (non-hydrogen) atoms. The molecule has 0 saturated carbocycles. The molecule has 0 aliphatic rings. The number of aryl methyl sites for hydroxylation is 1. The van der Waals surface area contributed by atoms with Crippen molar-refractivity contribution < 1.29 is 4.79 Å². The number of fused-ring (bicyclic) bond motifs is 3. The summed E-state index contributed by atoms with van der Waals surface area (Å²) in [6.07, 6.45) is 1.70. The molecule has 0 radical (unpaired) electrons. The Morgan fingerprint density at radius 1 is 1.09 bits per heavy atom. The Labute approximate surface area is 141 Å². The van der Waals surface area contributed by atoms with Gasteiger partial charge in [-0.2, -0.15) is 0 Å². The van der Waals surface area contributed by atoms with Gasteiger partial charge in [0.05, 0.1) is 5.52 Å². The summed E-state index contributed by atoms with van der Waals surface area (Å²) in [5.41, 5.74) is 4.05. The van der Waals surface area contributed by atoms with E-state index in [-0.39, 0.29) is 5.78 Å². The summed E-state index contributed by atoms with van der Waals surface area (Å²) in [6, 6.07) is 15.6. The first-order valence-electron chi connectivity index (χ1n) is 7.31. The maximum Gasteiger partial charge on any atom is 0.214 e. The van der Waals surface area contributed by atoms with E-state index in [0.717, 1.165) is 26.3 Å². The molecule has 2 aromatic carbocycles. The average molecular weight is 365 g/mol. The van der Waals surface area contributed by atoms with E-state index in [1.807, 2.05) is 30.3 Å². The third-order valence-electron chi connectivity index (χ3n) is 4.01. The average Bonchev–Trinajstić information content (AvgIpc) is 2.92. The lowest BCUT2D eigenvalue weighted by atomic mass is 10.1. The van der Waals surface area contributed by atoms with Crippen LogP contribution in [-0.2, 0) is 0 Å². The Balaban J connectivity index is 1.99. The highest BCUT2D eigenvalue weighted by Crippen LogP contribution is 2.29. The Hall–Kier alpha value is -2.46. The smallest absolute Gasteiger partial charge is 0.214 e. The minimum Gasteiger partial charge on any atom is -0.353 e. The topological polar surface area (TPSA) is 45.8 Å². The van der Waals surface area contributed by atoms with Crippen molar-refractivity contribution in [2.45, 2.75) is 6.92 Å². The molecule has 4 aromatic rings. The van der Waals surface area contributed by atoms with Crippen molar-refractivity contribution in [1.29, 1.82) is 0 Å². The van der Waals surface area contributed by atoms with Crippen molar-refractivity contribution in [3.8, 4) is 0 Å². The van der Waals surface area contributed by atoms with E-state index >= 15 is 0 Å². The van der Waals surface area contributed by atoms with Gasteiger partial charge < -0.3 is 4.98 Å². The van der Waals surface area contributed by atoms with Gasteiger partial charge in [0, 0.05) is 32.5 Å². The predicted molar refractivity (Wildman–Crippen MR) is 95.9 cm³/mol. The third kappa shape index (κ3) is 2.26. The number of rotatable bonds is 2. The van der Waals surface area contributed by atoms with Gasteiger partial charge in [0.15, 0.2) is 0 Å². The fraction of sp³-hybridized carbons (Fsp3) is 0.0526. The van der Waals surface area contributed by atoms with Crippen LogP contribution in [0.15, 0.2) is 59.2 Å². The summed E-state index contributed by atoms with van der Waals surface area (Å²) in [7, 11) is 0. The van der Waals surface area contributed by atoms with Gasteiger partial charge in [-0.25, -0.2) is 0 Å². The fourth-order valence-electron chi connectivity index (χ4n) is 2.88. The van der Waals surface area contributed by atoms with Crippen LogP contribution < -0.4 is 0 Å². The largest absolute Gasteiger partial charge is 0.353 e. The van der Waals surface area contributed by atoms with E-state index < -0.39 is 0 Å². The number of hydrogen-bond acceptors (Lipinski definition) is 2. The highest BCUT2D eigenvalue weighted by atomic mass is 79.9. The van der Waals surface area contributed by atoms with Gasteiger partial charge in [-0.15, -0.1) is 0 Å². The molecule has 2 heterocycles. The van der Waals surface area contributed by atoms with Crippen molar-refractivity contribution in [3.05, 3.63) is 76.0 Å². The second kappa shape index (κ2) is 5.32. The molecule has 0 fully saturated rings. The lowest BCUT2D eigenvalue weighted by Crippen LogP contribution is -2.05.